The Balaban J connectivity index is 0.00000304. The smallest absolute Gasteiger partial charge is 0.306 e. The third kappa shape index (κ3) is 5.58. The molecule has 5 rings (SSSR count). The SMILES string of the molecule is C[C@@H](NC1CCC(c2ccc(C(=O)N3CCC(C(=O)O)CC3)cc2)C1)c1cccc2ccccc12.Cl. The zero-order valence-corrected chi connectivity index (χ0v) is 21.5. The average molecular weight is 507 g/mol. The monoisotopic (exact) mass is 506 g/mol. The van der Waals surface area contributed by atoms with Crippen LogP contribution in [0, 0.1) is 5.92 Å². The number of carbonyl (C=O) groups excluding carboxylic acids is 1. The number of halogens is 1. The molecule has 1 aliphatic heterocycles. The van der Waals surface area contributed by atoms with Crippen LogP contribution in [0.1, 0.15) is 72.5 Å². The number of carbonyl (C=O) groups is 2. The molecule has 2 aliphatic rings. The van der Waals surface area contributed by atoms with Crippen LogP contribution in [0.2, 0.25) is 0 Å². The van der Waals surface area contributed by atoms with E-state index in [1.807, 2.05) is 12.1 Å². The summed E-state index contributed by atoms with van der Waals surface area (Å²) in [5.41, 5.74) is 3.34. The number of piperidine rings is 1. The fraction of sp³-hybridized carbons (Fsp3) is 0.400. The number of nitrogens with one attached hydrogen (secondary N) is 1. The second-order valence-electron chi connectivity index (χ2n) is 10.2. The maximum absolute atomic E-state index is 12.9. The van der Waals surface area contributed by atoms with Gasteiger partial charge >= 0.3 is 5.97 Å². The Morgan fingerprint density at radius 1 is 0.917 bits per heavy atom. The molecule has 1 heterocycles. The van der Waals surface area contributed by atoms with Gasteiger partial charge in [-0.1, -0.05) is 54.6 Å². The lowest BCUT2D eigenvalue weighted by molar-refractivity contribution is -0.143. The van der Waals surface area contributed by atoms with E-state index < -0.39 is 5.97 Å². The van der Waals surface area contributed by atoms with Crippen molar-refractivity contribution < 1.29 is 14.7 Å². The maximum Gasteiger partial charge on any atom is 0.306 e. The molecule has 0 aromatic heterocycles. The van der Waals surface area contributed by atoms with Gasteiger partial charge in [0.15, 0.2) is 0 Å². The standard InChI is InChI=1S/C30H34N2O3.ClH/c1-20(27-8-4-6-22-5-2-3-7-28(22)27)31-26-14-13-25(19-26)21-9-11-23(12-10-21)29(33)32-17-15-24(16-18-32)30(34)35;/h2-12,20,24-26,31H,13-19H2,1H3,(H,34,35);1H/t20-,25?,26?;/m1./s1. The number of hydrogen-bond acceptors (Lipinski definition) is 3. The second kappa shape index (κ2) is 11.4. The quantitative estimate of drug-likeness (QED) is 0.418. The maximum atomic E-state index is 12.9. The molecule has 6 heteroatoms. The largest absolute Gasteiger partial charge is 0.481 e. The summed E-state index contributed by atoms with van der Waals surface area (Å²) in [5.74, 6) is -0.566. The summed E-state index contributed by atoms with van der Waals surface area (Å²) in [5, 5.41) is 15.6. The molecule has 190 valence electrons. The van der Waals surface area contributed by atoms with E-state index in [0.717, 1.165) is 19.3 Å². The van der Waals surface area contributed by atoms with Crippen LogP contribution in [0.15, 0.2) is 66.7 Å². The number of rotatable bonds is 6. The molecule has 3 aromatic carbocycles. The highest BCUT2D eigenvalue weighted by Crippen LogP contribution is 2.36. The minimum absolute atomic E-state index is 0. The van der Waals surface area contributed by atoms with Crippen molar-refractivity contribution in [1.29, 1.82) is 0 Å². The number of carboxylic acids is 1. The van der Waals surface area contributed by atoms with E-state index >= 15 is 0 Å². The first kappa shape index (κ1) is 26.2. The molecule has 0 spiro atoms. The highest BCUT2D eigenvalue weighted by Gasteiger charge is 2.29. The van der Waals surface area contributed by atoms with Gasteiger partial charge in [-0.15, -0.1) is 12.4 Å². The van der Waals surface area contributed by atoms with Gasteiger partial charge in [-0.25, -0.2) is 0 Å². The molecule has 2 fully saturated rings. The van der Waals surface area contributed by atoms with Crippen LogP contribution in [0.4, 0.5) is 0 Å². The molecule has 1 amide bonds. The zero-order valence-electron chi connectivity index (χ0n) is 20.7. The Morgan fingerprint density at radius 3 is 2.33 bits per heavy atom. The van der Waals surface area contributed by atoms with Crippen molar-refractivity contribution in [3.05, 3.63) is 83.4 Å². The number of amides is 1. The first-order chi connectivity index (χ1) is 17.0. The first-order valence-electron chi connectivity index (χ1n) is 12.9. The number of fused-ring (bicyclic) bond motifs is 1. The topological polar surface area (TPSA) is 69.6 Å². The summed E-state index contributed by atoms with van der Waals surface area (Å²) in [6, 6.07) is 24.0. The van der Waals surface area contributed by atoms with Gasteiger partial charge in [-0.3, -0.25) is 9.59 Å². The Kier molecular flexibility index (Phi) is 8.32. The Hall–Kier alpha value is -2.89. The van der Waals surface area contributed by atoms with E-state index in [1.165, 1.54) is 21.9 Å². The third-order valence-electron chi connectivity index (χ3n) is 7.97. The minimum Gasteiger partial charge on any atom is -0.481 e. The van der Waals surface area contributed by atoms with Crippen molar-refractivity contribution in [3.63, 3.8) is 0 Å². The predicted molar refractivity (Wildman–Crippen MR) is 146 cm³/mol. The molecular formula is C30H35ClN2O3. The van der Waals surface area contributed by atoms with E-state index in [-0.39, 0.29) is 30.3 Å². The van der Waals surface area contributed by atoms with E-state index in [4.69, 9.17) is 0 Å². The molecule has 0 bridgehead atoms. The third-order valence-corrected chi connectivity index (χ3v) is 7.97. The summed E-state index contributed by atoms with van der Waals surface area (Å²) in [4.78, 5) is 25.8. The predicted octanol–water partition coefficient (Wildman–Crippen LogP) is 6.19. The number of nitrogens with zero attached hydrogens (tertiary/aromatic N) is 1. The molecular weight excluding hydrogens is 472 g/mol. The number of hydrogen-bond donors (Lipinski definition) is 2. The number of carboxylic acid groups (broad SMARTS) is 1. The summed E-state index contributed by atoms with van der Waals surface area (Å²) in [6.45, 7) is 3.29. The fourth-order valence-corrected chi connectivity index (χ4v) is 5.92. The van der Waals surface area contributed by atoms with Gasteiger partial charge in [0.25, 0.3) is 5.91 Å². The molecule has 2 N–H and O–H groups in total. The van der Waals surface area contributed by atoms with Crippen molar-refractivity contribution in [1.82, 2.24) is 10.2 Å². The van der Waals surface area contributed by atoms with Crippen LogP contribution in [0.25, 0.3) is 10.8 Å². The van der Waals surface area contributed by atoms with Crippen molar-refractivity contribution in [2.45, 2.75) is 57.0 Å². The molecule has 0 radical (unpaired) electrons. The van der Waals surface area contributed by atoms with E-state index in [2.05, 4.69) is 66.8 Å². The number of aliphatic carboxylic acids is 1. The lowest BCUT2D eigenvalue weighted by Crippen LogP contribution is -2.40. The van der Waals surface area contributed by atoms with Crippen molar-refractivity contribution in [2.75, 3.05) is 13.1 Å². The number of benzene rings is 3. The molecule has 1 aliphatic carbocycles. The van der Waals surface area contributed by atoms with Gasteiger partial charge in [-0.05, 0) is 79.0 Å². The van der Waals surface area contributed by atoms with Crippen LogP contribution in [-0.4, -0.2) is 41.0 Å². The lowest BCUT2D eigenvalue weighted by Gasteiger charge is -2.30. The van der Waals surface area contributed by atoms with Crippen LogP contribution in [-0.2, 0) is 4.79 Å². The van der Waals surface area contributed by atoms with Crippen LogP contribution >= 0.6 is 12.4 Å². The van der Waals surface area contributed by atoms with E-state index in [1.54, 1.807) is 4.90 Å². The van der Waals surface area contributed by atoms with Gasteiger partial charge in [-0.2, -0.15) is 0 Å². The Labute approximate surface area is 219 Å². The molecule has 1 saturated heterocycles. The van der Waals surface area contributed by atoms with E-state index in [0.29, 0.717) is 43.5 Å². The van der Waals surface area contributed by atoms with Crippen molar-refractivity contribution >= 4 is 35.1 Å². The lowest BCUT2D eigenvalue weighted by atomic mass is 9.94. The zero-order chi connectivity index (χ0) is 24.4. The Morgan fingerprint density at radius 2 is 1.61 bits per heavy atom. The second-order valence-corrected chi connectivity index (χ2v) is 10.2. The molecule has 36 heavy (non-hydrogen) atoms. The van der Waals surface area contributed by atoms with Gasteiger partial charge in [0.1, 0.15) is 0 Å². The van der Waals surface area contributed by atoms with E-state index in [9.17, 15) is 14.7 Å². The van der Waals surface area contributed by atoms with Crippen molar-refractivity contribution in [2.24, 2.45) is 5.92 Å². The van der Waals surface area contributed by atoms with Gasteiger partial charge in [0.05, 0.1) is 5.92 Å². The number of likely N-dealkylation sites (tertiary alicyclic amines) is 1. The Bertz CT molecular complexity index is 1200. The molecule has 3 aromatic rings. The molecule has 1 saturated carbocycles. The highest BCUT2D eigenvalue weighted by atomic mass is 35.5. The van der Waals surface area contributed by atoms with Gasteiger partial charge in [0.2, 0.25) is 0 Å². The molecule has 3 atom stereocenters. The van der Waals surface area contributed by atoms with Gasteiger partial charge in [0, 0.05) is 30.7 Å². The van der Waals surface area contributed by atoms with Crippen LogP contribution < -0.4 is 5.32 Å². The van der Waals surface area contributed by atoms with Crippen molar-refractivity contribution in [3.8, 4) is 0 Å². The highest BCUT2D eigenvalue weighted by molar-refractivity contribution is 5.94. The summed E-state index contributed by atoms with van der Waals surface area (Å²) < 4.78 is 0. The summed E-state index contributed by atoms with van der Waals surface area (Å²) in [7, 11) is 0. The molecule has 2 unspecified atom stereocenters. The first-order valence-corrected chi connectivity index (χ1v) is 12.9. The summed E-state index contributed by atoms with van der Waals surface area (Å²) in [6.07, 6.45) is 4.47. The summed E-state index contributed by atoms with van der Waals surface area (Å²) >= 11 is 0. The minimum atomic E-state index is -0.752. The average Bonchev–Trinajstić information content (AvgIpc) is 3.36. The van der Waals surface area contributed by atoms with Crippen LogP contribution in [0.5, 0.6) is 0 Å². The van der Waals surface area contributed by atoms with Gasteiger partial charge < -0.3 is 15.3 Å². The fourth-order valence-electron chi connectivity index (χ4n) is 5.92. The molecule has 5 nitrogen and oxygen atoms in total. The normalized spacial score (nSPS) is 21.2. The van der Waals surface area contributed by atoms with Crippen LogP contribution in [0.3, 0.4) is 0 Å².